The van der Waals surface area contributed by atoms with Crippen LogP contribution in [0.3, 0.4) is 0 Å². The zero-order valence-electron chi connectivity index (χ0n) is 12.9. The summed E-state index contributed by atoms with van der Waals surface area (Å²) in [5.74, 6) is 0.730. The Labute approximate surface area is 135 Å². The molecule has 1 aliphatic rings. The van der Waals surface area contributed by atoms with Crippen LogP contribution >= 0.6 is 0 Å². The van der Waals surface area contributed by atoms with Gasteiger partial charge in [0.15, 0.2) is 7.28 Å². The van der Waals surface area contributed by atoms with Gasteiger partial charge in [-0.05, 0) is 36.0 Å². The summed E-state index contributed by atoms with van der Waals surface area (Å²) in [4.78, 5) is 15.9. The number of hydrogen-bond donors (Lipinski definition) is 1. The minimum atomic E-state index is -0.508. The van der Waals surface area contributed by atoms with Gasteiger partial charge < -0.3 is 10.1 Å². The van der Waals surface area contributed by atoms with Crippen molar-refractivity contribution in [2.75, 3.05) is 7.11 Å². The lowest BCUT2D eigenvalue weighted by Gasteiger charge is -2.27. The summed E-state index contributed by atoms with van der Waals surface area (Å²) in [5.41, 5.74) is 2.69. The molecule has 115 valence electrons. The third kappa shape index (κ3) is 2.97. The summed E-state index contributed by atoms with van der Waals surface area (Å²) in [5, 5.41) is 7.52. The molecule has 0 aliphatic carbocycles. The number of nitrogens with one attached hydrogen (secondary N) is 1. The molecule has 0 saturated heterocycles. The van der Waals surface area contributed by atoms with E-state index in [4.69, 9.17) is 4.74 Å². The number of methoxy groups -OCH3 is 1. The van der Waals surface area contributed by atoms with Crippen molar-refractivity contribution in [2.24, 2.45) is 5.18 Å². The van der Waals surface area contributed by atoms with E-state index in [1.54, 1.807) is 19.4 Å². The average molecular weight is 306 g/mol. The molecule has 1 aromatic heterocycles. The average Bonchev–Trinajstić information content (AvgIpc) is 2.62. The van der Waals surface area contributed by atoms with Crippen LogP contribution in [0.1, 0.15) is 11.6 Å². The van der Waals surface area contributed by atoms with E-state index in [1.807, 2.05) is 30.5 Å². The van der Waals surface area contributed by atoms with Gasteiger partial charge in [0.2, 0.25) is 0 Å². The van der Waals surface area contributed by atoms with Crippen LogP contribution in [0.15, 0.2) is 60.0 Å². The van der Waals surface area contributed by atoms with Gasteiger partial charge in [-0.25, -0.2) is 0 Å². The Balaban J connectivity index is 2.01. The predicted molar refractivity (Wildman–Crippen MR) is 92.6 cm³/mol. The van der Waals surface area contributed by atoms with E-state index >= 15 is 0 Å². The molecule has 0 saturated carbocycles. The topological polar surface area (TPSA) is 63.6 Å². The third-order valence-corrected chi connectivity index (χ3v) is 4.10. The Morgan fingerprint density at radius 2 is 2.39 bits per heavy atom. The van der Waals surface area contributed by atoms with Gasteiger partial charge in [0.1, 0.15) is 11.8 Å². The van der Waals surface area contributed by atoms with Gasteiger partial charge in [0.25, 0.3) is 0 Å². The number of ether oxygens (including phenoxy) is 1. The maximum atomic E-state index is 11.6. The van der Waals surface area contributed by atoms with Crippen molar-refractivity contribution in [1.82, 2.24) is 10.3 Å². The molecule has 23 heavy (non-hydrogen) atoms. The van der Waals surface area contributed by atoms with E-state index < -0.39 is 6.04 Å². The fourth-order valence-electron chi connectivity index (χ4n) is 2.83. The quantitative estimate of drug-likeness (QED) is 0.681. The molecule has 1 unspecified atom stereocenters. The minimum absolute atomic E-state index is 0.0898. The van der Waals surface area contributed by atoms with Gasteiger partial charge in [0, 0.05) is 17.6 Å². The molecule has 3 rings (SSSR count). The highest BCUT2D eigenvalue weighted by atomic mass is 16.5. The summed E-state index contributed by atoms with van der Waals surface area (Å²) in [6.45, 7) is 3.75. The molecule has 1 aliphatic heterocycles. The summed E-state index contributed by atoms with van der Waals surface area (Å²) in [7, 11) is 3.67. The molecular formula is C17H17BN3O2. The van der Waals surface area contributed by atoms with Crippen LogP contribution in [0.4, 0.5) is 0 Å². The van der Waals surface area contributed by atoms with E-state index in [9.17, 15) is 4.91 Å². The van der Waals surface area contributed by atoms with Crippen LogP contribution in [0.2, 0.25) is 6.32 Å². The first-order valence-corrected chi connectivity index (χ1v) is 7.44. The Morgan fingerprint density at radius 3 is 3.04 bits per heavy atom. The molecule has 1 radical (unpaired) electrons. The number of aromatic nitrogens is 1. The summed E-state index contributed by atoms with van der Waals surface area (Å²) in [6, 6.07) is 6.89. The highest BCUT2D eigenvalue weighted by Gasteiger charge is 2.27. The van der Waals surface area contributed by atoms with Crippen LogP contribution in [-0.4, -0.2) is 25.4 Å². The Hall–Kier alpha value is -2.63. The Kier molecular flexibility index (Phi) is 4.41. The second-order valence-electron chi connectivity index (χ2n) is 5.39. The van der Waals surface area contributed by atoms with Crippen molar-refractivity contribution < 1.29 is 4.74 Å². The first kappa shape index (κ1) is 15.3. The Morgan fingerprint density at radius 1 is 1.52 bits per heavy atom. The maximum absolute atomic E-state index is 11.6. The van der Waals surface area contributed by atoms with Crippen molar-refractivity contribution in [2.45, 2.75) is 18.4 Å². The van der Waals surface area contributed by atoms with Crippen LogP contribution < -0.4 is 10.1 Å². The summed E-state index contributed by atoms with van der Waals surface area (Å²) in [6.07, 6.45) is 6.06. The number of rotatable bonds is 5. The molecular weight excluding hydrogens is 289 g/mol. The summed E-state index contributed by atoms with van der Waals surface area (Å²) < 4.78 is 5.29. The molecule has 0 amide bonds. The molecule has 0 bridgehead atoms. The van der Waals surface area contributed by atoms with Crippen molar-refractivity contribution >= 4 is 18.2 Å². The van der Waals surface area contributed by atoms with Gasteiger partial charge in [0.05, 0.1) is 12.6 Å². The zero-order chi connectivity index (χ0) is 16.2. The number of hydrogen-bond acceptors (Lipinski definition) is 5. The number of fused-ring (bicyclic) bond motifs is 1. The van der Waals surface area contributed by atoms with Crippen molar-refractivity contribution in [1.29, 1.82) is 0 Å². The van der Waals surface area contributed by atoms with Crippen molar-refractivity contribution in [3.05, 3.63) is 65.3 Å². The van der Waals surface area contributed by atoms with Gasteiger partial charge in [-0.2, -0.15) is 4.91 Å². The lowest BCUT2D eigenvalue weighted by atomic mass is 9.62. The SMILES string of the molecule is C=CC1=CN[C@H](C(N=O)c2ccnc3ccc(OC)cc23)C[B]1. The molecule has 5 nitrogen and oxygen atoms in total. The minimum Gasteiger partial charge on any atom is -0.497 e. The molecule has 1 aromatic carbocycles. The maximum Gasteiger partial charge on any atom is 0.155 e. The van der Waals surface area contributed by atoms with Crippen molar-refractivity contribution in [3.63, 3.8) is 0 Å². The normalized spacial score (nSPS) is 18.3. The number of nitroso groups, excluding NO2 is 1. The molecule has 2 atom stereocenters. The highest BCUT2D eigenvalue weighted by molar-refractivity contribution is 6.47. The van der Waals surface area contributed by atoms with Crippen LogP contribution in [0.25, 0.3) is 10.9 Å². The largest absolute Gasteiger partial charge is 0.497 e. The van der Waals surface area contributed by atoms with E-state index in [-0.39, 0.29) is 6.04 Å². The second kappa shape index (κ2) is 6.65. The second-order valence-corrected chi connectivity index (χ2v) is 5.39. The first-order valence-electron chi connectivity index (χ1n) is 7.44. The first-order chi connectivity index (χ1) is 11.3. The van der Waals surface area contributed by atoms with Crippen LogP contribution in [0.5, 0.6) is 5.75 Å². The van der Waals surface area contributed by atoms with E-state index in [1.165, 1.54) is 0 Å². The van der Waals surface area contributed by atoms with Crippen LogP contribution in [0, 0.1) is 4.91 Å². The molecule has 2 aromatic rings. The highest BCUT2D eigenvalue weighted by Crippen LogP contribution is 2.32. The monoisotopic (exact) mass is 306 g/mol. The standard InChI is InChI=1S/C17H17BN3O2/c1-3-11-10-20-16(9-18-11)17(21-22)13-6-7-19-15-5-4-12(23-2)8-14(13)15/h3-8,10,16-17,20H,1,9H2,2H3/t16-,17?/m0/s1. The van der Waals surface area contributed by atoms with Gasteiger partial charge in [-0.3, -0.25) is 4.98 Å². The number of benzene rings is 1. The van der Waals surface area contributed by atoms with Crippen molar-refractivity contribution in [3.8, 4) is 5.75 Å². The molecule has 2 heterocycles. The lowest BCUT2D eigenvalue weighted by Crippen LogP contribution is -2.35. The fraction of sp³-hybridized carbons (Fsp3) is 0.235. The third-order valence-electron chi connectivity index (χ3n) is 4.10. The number of allylic oxidation sites excluding steroid dienone is 2. The zero-order valence-corrected chi connectivity index (χ0v) is 12.9. The van der Waals surface area contributed by atoms with Gasteiger partial charge in [-0.15, -0.1) is 0 Å². The molecule has 6 heteroatoms. The number of pyridine rings is 1. The lowest BCUT2D eigenvalue weighted by molar-refractivity contribution is 0.415. The predicted octanol–water partition coefficient (Wildman–Crippen LogP) is 3.17. The smallest absolute Gasteiger partial charge is 0.155 e. The Bertz CT molecular complexity index is 776. The molecule has 1 N–H and O–H groups in total. The van der Waals surface area contributed by atoms with E-state index in [2.05, 4.69) is 29.3 Å². The van der Waals surface area contributed by atoms with Gasteiger partial charge >= 0.3 is 0 Å². The van der Waals surface area contributed by atoms with Crippen LogP contribution in [-0.2, 0) is 0 Å². The number of nitrogens with zero attached hydrogens (tertiary/aromatic N) is 2. The van der Waals surface area contributed by atoms with E-state index in [0.29, 0.717) is 6.32 Å². The fourth-order valence-corrected chi connectivity index (χ4v) is 2.83. The molecule has 0 fully saturated rings. The molecule has 0 spiro atoms. The van der Waals surface area contributed by atoms with E-state index in [0.717, 1.165) is 27.7 Å². The summed E-state index contributed by atoms with van der Waals surface area (Å²) >= 11 is 0. The van der Waals surface area contributed by atoms with Gasteiger partial charge in [-0.1, -0.05) is 29.6 Å².